The number of rotatable bonds is 5. The van der Waals surface area contributed by atoms with E-state index in [0.29, 0.717) is 13.1 Å². The molecule has 0 aliphatic carbocycles. The summed E-state index contributed by atoms with van der Waals surface area (Å²) in [7, 11) is 0. The Kier molecular flexibility index (Phi) is 6.94. The number of hydrogen-bond acceptors (Lipinski definition) is 4. The van der Waals surface area contributed by atoms with Crippen molar-refractivity contribution in [1.29, 1.82) is 0 Å². The third kappa shape index (κ3) is 6.66. The van der Waals surface area contributed by atoms with E-state index in [0.717, 1.165) is 25.6 Å². The highest BCUT2D eigenvalue weighted by atomic mass is 16.6. The number of ether oxygens (including phenoxy) is 1. The van der Waals surface area contributed by atoms with Gasteiger partial charge in [-0.25, -0.2) is 4.79 Å². The van der Waals surface area contributed by atoms with Crippen molar-refractivity contribution < 1.29 is 9.53 Å². The fraction of sp³-hybridized carbons (Fsp3) is 0.938. The summed E-state index contributed by atoms with van der Waals surface area (Å²) in [5.74, 6) is 0.740. The fourth-order valence-electron chi connectivity index (χ4n) is 2.61. The van der Waals surface area contributed by atoms with Gasteiger partial charge >= 0.3 is 6.09 Å². The second-order valence-corrected chi connectivity index (χ2v) is 7.39. The van der Waals surface area contributed by atoms with Crippen LogP contribution in [0.25, 0.3) is 0 Å². The lowest BCUT2D eigenvalue weighted by Gasteiger charge is -2.41. The molecular weight excluding hydrogens is 266 g/mol. The first-order valence-electron chi connectivity index (χ1n) is 8.15. The zero-order chi connectivity index (χ0) is 16.0. The van der Waals surface area contributed by atoms with Crippen LogP contribution in [0.2, 0.25) is 0 Å². The largest absolute Gasteiger partial charge is 0.444 e. The molecule has 5 nitrogen and oxygen atoms in total. The quantitative estimate of drug-likeness (QED) is 0.846. The minimum Gasteiger partial charge on any atom is -0.444 e. The fourth-order valence-corrected chi connectivity index (χ4v) is 2.61. The number of nitrogens with zero attached hydrogens (tertiary/aromatic N) is 2. The normalized spacial score (nSPS) is 20.9. The third-order valence-corrected chi connectivity index (χ3v) is 3.76. The number of piperazine rings is 1. The summed E-state index contributed by atoms with van der Waals surface area (Å²) in [6, 6.07) is 0.249. The summed E-state index contributed by atoms with van der Waals surface area (Å²) in [5.41, 5.74) is 5.45. The van der Waals surface area contributed by atoms with Crippen LogP contribution in [-0.4, -0.2) is 60.3 Å². The van der Waals surface area contributed by atoms with Crippen molar-refractivity contribution in [3.8, 4) is 0 Å². The maximum Gasteiger partial charge on any atom is 0.410 e. The Labute approximate surface area is 129 Å². The van der Waals surface area contributed by atoms with E-state index in [1.807, 2.05) is 20.8 Å². The molecule has 0 radical (unpaired) electrons. The molecule has 1 heterocycles. The summed E-state index contributed by atoms with van der Waals surface area (Å²) in [4.78, 5) is 16.3. The van der Waals surface area contributed by atoms with Crippen LogP contribution in [-0.2, 0) is 4.74 Å². The van der Waals surface area contributed by atoms with Crippen molar-refractivity contribution in [3.63, 3.8) is 0 Å². The van der Waals surface area contributed by atoms with Crippen molar-refractivity contribution in [3.05, 3.63) is 0 Å². The summed E-state index contributed by atoms with van der Waals surface area (Å²) in [6.07, 6.45) is 2.22. The lowest BCUT2D eigenvalue weighted by molar-refractivity contribution is 0.00451. The van der Waals surface area contributed by atoms with E-state index in [4.69, 9.17) is 10.5 Å². The maximum absolute atomic E-state index is 12.1. The van der Waals surface area contributed by atoms with Gasteiger partial charge in [0.15, 0.2) is 0 Å². The number of nitrogens with two attached hydrogens (primary N) is 1. The second kappa shape index (κ2) is 7.99. The summed E-state index contributed by atoms with van der Waals surface area (Å²) in [5, 5.41) is 0. The van der Waals surface area contributed by atoms with Crippen LogP contribution in [0.3, 0.4) is 0 Å². The van der Waals surface area contributed by atoms with Gasteiger partial charge in [0.2, 0.25) is 0 Å². The van der Waals surface area contributed by atoms with E-state index in [1.54, 1.807) is 4.90 Å². The first kappa shape index (κ1) is 18.2. The predicted octanol–water partition coefficient (Wildman–Crippen LogP) is 2.30. The number of carbonyl (C=O) groups is 1. The molecule has 124 valence electrons. The van der Waals surface area contributed by atoms with Crippen LogP contribution in [0.15, 0.2) is 0 Å². The standard InChI is InChI=1S/C16H33N3O2/c1-13(2)7-6-8-18-9-10-19(12-14(18)11-17)15(20)21-16(3,4)5/h13-14H,6-12,17H2,1-5H3. The maximum atomic E-state index is 12.1. The van der Waals surface area contributed by atoms with Crippen molar-refractivity contribution in [1.82, 2.24) is 9.80 Å². The zero-order valence-corrected chi connectivity index (χ0v) is 14.4. The lowest BCUT2D eigenvalue weighted by atomic mass is 10.1. The van der Waals surface area contributed by atoms with E-state index in [1.165, 1.54) is 12.8 Å². The summed E-state index contributed by atoms with van der Waals surface area (Å²) < 4.78 is 5.45. The van der Waals surface area contributed by atoms with E-state index < -0.39 is 5.60 Å². The van der Waals surface area contributed by atoms with Gasteiger partial charge in [-0.1, -0.05) is 13.8 Å². The van der Waals surface area contributed by atoms with Crippen molar-refractivity contribution in [2.75, 3.05) is 32.7 Å². The van der Waals surface area contributed by atoms with Crippen LogP contribution in [0.1, 0.15) is 47.5 Å². The number of carbonyl (C=O) groups excluding carboxylic acids is 1. The highest BCUT2D eigenvalue weighted by molar-refractivity contribution is 5.68. The van der Waals surface area contributed by atoms with Crippen LogP contribution in [0.5, 0.6) is 0 Å². The van der Waals surface area contributed by atoms with E-state index in [2.05, 4.69) is 18.7 Å². The Morgan fingerprint density at radius 2 is 2.00 bits per heavy atom. The molecule has 0 spiro atoms. The summed E-state index contributed by atoms with van der Waals surface area (Å²) >= 11 is 0. The van der Waals surface area contributed by atoms with Gasteiger partial charge in [-0.3, -0.25) is 4.90 Å². The Bertz CT molecular complexity index is 326. The van der Waals surface area contributed by atoms with Gasteiger partial charge in [-0.2, -0.15) is 0 Å². The molecule has 1 saturated heterocycles. The van der Waals surface area contributed by atoms with Gasteiger partial charge in [0.1, 0.15) is 5.60 Å². The van der Waals surface area contributed by atoms with Crippen molar-refractivity contribution >= 4 is 6.09 Å². The minimum atomic E-state index is -0.441. The molecular formula is C16H33N3O2. The second-order valence-electron chi connectivity index (χ2n) is 7.39. The van der Waals surface area contributed by atoms with E-state index >= 15 is 0 Å². The van der Waals surface area contributed by atoms with E-state index in [9.17, 15) is 4.79 Å². The third-order valence-electron chi connectivity index (χ3n) is 3.76. The Balaban J connectivity index is 2.46. The molecule has 0 bridgehead atoms. The molecule has 1 rings (SSSR count). The molecule has 5 heteroatoms. The molecule has 2 N–H and O–H groups in total. The topological polar surface area (TPSA) is 58.8 Å². The highest BCUT2D eigenvalue weighted by Gasteiger charge is 2.30. The number of amides is 1. The Hall–Kier alpha value is -0.810. The van der Waals surface area contributed by atoms with Gasteiger partial charge in [-0.05, 0) is 46.1 Å². The van der Waals surface area contributed by atoms with Gasteiger partial charge in [0.05, 0.1) is 0 Å². The molecule has 1 aliphatic rings. The van der Waals surface area contributed by atoms with Gasteiger partial charge in [0.25, 0.3) is 0 Å². The molecule has 0 aromatic heterocycles. The molecule has 1 aliphatic heterocycles. The van der Waals surface area contributed by atoms with Crippen molar-refractivity contribution in [2.24, 2.45) is 11.7 Å². The molecule has 0 aromatic carbocycles. The first-order valence-corrected chi connectivity index (χ1v) is 8.15. The van der Waals surface area contributed by atoms with Crippen LogP contribution in [0, 0.1) is 5.92 Å². The number of hydrogen-bond donors (Lipinski definition) is 1. The smallest absolute Gasteiger partial charge is 0.410 e. The first-order chi connectivity index (χ1) is 9.73. The van der Waals surface area contributed by atoms with Gasteiger partial charge in [0, 0.05) is 32.2 Å². The van der Waals surface area contributed by atoms with Gasteiger partial charge in [-0.15, -0.1) is 0 Å². The average molecular weight is 299 g/mol. The van der Waals surface area contributed by atoms with Crippen LogP contribution < -0.4 is 5.73 Å². The van der Waals surface area contributed by atoms with E-state index in [-0.39, 0.29) is 12.1 Å². The molecule has 0 saturated carbocycles. The molecule has 21 heavy (non-hydrogen) atoms. The average Bonchev–Trinajstić information content (AvgIpc) is 2.36. The molecule has 1 atom stereocenters. The summed E-state index contributed by atoms with van der Waals surface area (Å²) in [6.45, 7) is 14.1. The van der Waals surface area contributed by atoms with Gasteiger partial charge < -0.3 is 15.4 Å². The van der Waals surface area contributed by atoms with Crippen LogP contribution >= 0.6 is 0 Å². The Morgan fingerprint density at radius 1 is 1.33 bits per heavy atom. The van der Waals surface area contributed by atoms with Crippen LogP contribution in [0.4, 0.5) is 4.79 Å². The lowest BCUT2D eigenvalue weighted by Crippen LogP contribution is -2.57. The predicted molar refractivity (Wildman–Crippen MR) is 86.3 cm³/mol. The SMILES string of the molecule is CC(C)CCCN1CCN(C(=O)OC(C)(C)C)CC1CN. The van der Waals surface area contributed by atoms with Crippen molar-refractivity contribution in [2.45, 2.75) is 59.1 Å². The highest BCUT2D eigenvalue weighted by Crippen LogP contribution is 2.16. The Morgan fingerprint density at radius 3 is 2.52 bits per heavy atom. The molecule has 1 fully saturated rings. The zero-order valence-electron chi connectivity index (χ0n) is 14.4. The minimum absolute atomic E-state index is 0.220. The monoisotopic (exact) mass is 299 g/mol. The molecule has 0 aromatic rings. The molecule has 1 amide bonds. The molecule has 1 unspecified atom stereocenters.